The largest absolute Gasteiger partial charge is 0.456 e. The Bertz CT molecular complexity index is 2830. The van der Waals surface area contributed by atoms with Crippen molar-refractivity contribution in [3.05, 3.63) is 146 Å². The third kappa shape index (κ3) is 4.21. The van der Waals surface area contributed by atoms with E-state index in [1.165, 1.54) is 20.2 Å². The summed E-state index contributed by atoms with van der Waals surface area (Å²) < 4.78 is 8.94. The van der Waals surface area contributed by atoms with Gasteiger partial charge in [0.05, 0.1) is 21.6 Å². The molecule has 0 spiro atoms. The van der Waals surface area contributed by atoms with Crippen molar-refractivity contribution in [1.29, 1.82) is 0 Å². The van der Waals surface area contributed by atoms with Crippen LogP contribution in [0.2, 0.25) is 0 Å². The lowest BCUT2D eigenvalue weighted by molar-refractivity contribution is 0.669. The Morgan fingerprint density at radius 1 is 0.511 bits per heavy atom. The molecule has 0 aliphatic rings. The first kappa shape index (κ1) is 26.2. The van der Waals surface area contributed by atoms with Gasteiger partial charge in [-0.15, -0.1) is 11.3 Å². The van der Waals surface area contributed by atoms with Gasteiger partial charge in [0.15, 0.2) is 5.82 Å². The molecule has 1 N–H and O–H groups in total. The number of aromatic nitrogens is 2. The Hall–Kier alpha value is -6.04. The van der Waals surface area contributed by atoms with E-state index in [0.29, 0.717) is 5.82 Å². The van der Waals surface area contributed by atoms with Crippen LogP contribution in [0.1, 0.15) is 0 Å². The molecule has 0 fully saturated rings. The summed E-state index contributed by atoms with van der Waals surface area (Å²) in [6, 6.07) is 50.7. The van der Waals surface area contributed by atoms with Gasteiger partial charge in [0.1, 0.15) is 11.2 Å². The van der Waals surface area contributed by atoms with Gasteiger partial charge in [0.25, 0.3) is 0 Å². The molecule has 3 heterocycles. The average Bonchev–Trinajstić information content (AvgIpc) is 3.70. The van der Waals surface area contributed by atoms with Gasteiger partial charge in [-0.25, -0.2) is 9.97 Å². The van der Waals surface area contributed by atoms with Crippen molar-refractivity contribution in [2.24, 2.45) is 0 Å². The molecule has 0 amide bonds. The van der Waals surface area contributed by atoms with E-state index < -0.39 is 0 Å². The van der Waals surface area contributed by atoms with Gasteiger partial charge < -0.3 is 9.73 Å². The van der Waals surface area contributed by atoms with E-state index in [0.717, 1.165) is 71.8 Å². The molecular formula is C42H25N3OS. The number of hydrogen-bond acceptors (Lipinski definition) is 5. The molecule has 0 radical (unpaired) electrons. The van der Waals surface area contributed by atoms with E-state index >= 15 is 0 Å². The van der Waals surface area contributed by atoms with Gasteiger partial charge in [-0.1, -0.05) is 91.0 Å². The monoisotopic (exact) mass is 619 g/mol. The Balaban J connectivity index is 1.09. The van der Waals surface area contributed by atoms with Crippen LogP contribution >= 0.6 is 11.3 Å². The third-order valence-electron chi connectivity index (χ3n) is 9.05. The normalized spacial score (nSPS) is 11.8. The maximum atomic E-state index is 6.40. The predicted molar refractivity (Wildman–Crippen MR) is 198 cm³/mol. The van der Waals surface area contributed by atoms with Gasteiger partial charge in [-0.2, -0.15) is 0 Å². The van der Waals surface area contributed by atoms with E-state index in [4.69, 9.17) is 14.4 Å². The lowest BCUT2D eigenvalue weighted by Crippen LogP contribution is -1.96. The van der Waals surface area contributed by atoms with E-state index in [-0.39, 0.29) is 0 Å². The number of hydrogen-bond donors (Lipinski definition) is 1. The Morgan fingerprint density at radius 2 is 1.32 bits per heavy atom. The SMILES string of the molecule is c1ccc(-c2nc(-c3ccc4oc5cc(Nc6cccc7c6sc6ccccc67)ccc5c4c3)nc3c2ccc2ccccc23)cc1. The summed E-state index contributed by atoms with van der Waals surface area (Å²) in [5, 5.41) is 11.6. The average molecular weight is 620 g/mol. The molecule has 10 rings (SSSR count). The van der Waals surface area contributed by atoms with Crippen molar-refractivity contribution >= 4 is 86.5 Å². The minimum atomic E-state index is 0.693. The zero-order valence-corrected chi connectivity index (χ0v) is 25.9. The Labute approximate surface area is 273 Å². The number of furan rings is 1. The second-order valence-electron chi connectivity index (χ2n) is 11.9. The summed E-state index contributed by atoms with van der Waals surface area (Å²) in [7, 11) is 0. The molecule has 0 bridgehead atoms. The lowest BCUT2D eigenvalue weighted by atomic mass is 10.0. The van der Waals surface area contributed by atoms with Crippen LogP contribution in [-0.2, 0) is 0 Å². The second-order valence-corrected chi connectivity index (χ2v) is 12.9. The molecule has 10 aromatic rings. The first-order valence-corrected chi connectivity index (χ1v) is 16.5. The highest BCUT2D eigenvalue weighted by Crippen LogP contribution is 2.40. The molecule has 0 aliphatic carbocycles. The Kier molecular flexibility index (Phi) is 5.71. The van der Waals surface area contributed by atoms with E-state index in [9.17, 15) is 0 Å². The van der Waals surface area contributed by atoms with Crippen LogP contribution in [0, 0.1) is 0 Å². The van der Waals surface area contributed by atoms with E-state index in [2.05, 4.69) is 139 Å². The van der Waals surface area contributed by atoms with Gasteiger partial charge >= 0.3 is 0 Å². The highest BCUT2D eigenvalue weighted by molar-refractivity contribution is 7.26. The van der Waals surface area contributed by atoms with E-state index in [1.807, 2.05) is 23.5 Å². The molecule has 220 valence electrons. The number of thiophene rings is 1. The zero-order chi connectivity index (χ0) is 30.9. The van der Waals surface area contributed by atoms with Gasteiger partial charge in [-0.05, 0) is 53.9 Å². The highest BCUT2D eigenvalue weighted by atomic mass is 32.1. The van der Waals surface area contributed by atoms with Crippen molar-refractivity contribution < 1.29 is 4.42 Å². The summed E-state index contributed by atoms with van der Waals surface area (Å²) in [5.74, 6) is 0.693. The maximum absolute atomic E-state index is 6.40. The lowest BCUT2D eigenvalue weighted by Gasteiger charge is -2.11. The second kappa shape index (κ2) is 10.2. The molecule has 0 saturated carbocycles. The summed E-state index contributed by atoms with van der Waals surface area (Å²) in [6.07, 6.45) is 0. The predicted octanol–water partition coefficient (Wildman–Crippen LogP) is 12.1. The molecule has 0 atom stereocenters. The summed E-state index contributed by atoms with van der Waals surface area (Å²) in [6.45, 7) is 0. The van der Waals surface area contributed by atoms with Crippen LogP contribution in [-0.4, -0.2) is 9.97 Å². The van der Waals surface area contributed by atoms with Crippen molar-refractivity contribution in [3.8, 4) is 22.6 Å². The fraction of sp³-hybridized carbons (Fsp3) is 0. The quantitative estimate of drug-likeness (QED) is 0.199. The zero-order valence-electron chi connectivity index (χ0n) is 25.1. The first-order chi connectivity index (χ1) is 23.3. The minimum Gasteiger partial charge on any atom is -0.456 e. The molecule has 5 heteroatoms. The molecule has 7 aromatic carbocycles. The van der Waals surface area contributed by atoms with Crippen LogP contribution in [0.4, 0.5) is 11.4 Å². The van der Waals surface area contributed by atoms with Crippen molar-refractivity contribution in [2.45, 2.75) is 0 Å². The van der Waals surface area contributed by atoms with Crippen molar-refractivity contribution in [1.82, 2.24) is 9.97 Å². The smallest absolute Gasteiger partial charge is 0.160 e. The highest BCUT2D eigenvalue weighted by Gasteiger charge is 2.16. The fourth-order valence-corrected chi connectivity index (χ4v) is 7.98. The first-order valence-electron chi connectivity index (χ1n) is 15.7. The molecule has 47 heavy (non-hydrogen) atoms. The molecule has 4 nitrogen and oxygen atoms in total. The van der Waals surface area contributed by atoms with Crippen molar-refractivity contribution in [3.63, 3.8) is 0 Å². The number of rotatable bonds is 4. The van der Waals surface area contributed by atoms with Crippen LogP contribution in [0.5, 0.6) is 0 Å². The van der Waals surface area contributed by atoms with Gasteiger partial charge in [-0.3, -0.25) is 0 Å². The number of benzene rings is 7. The summed E-state index contributed by atoms with van der Waals surface area (Å²) >= 11 is 1.82. The molecule has 0 unspecified atom stereocenters. The molecular weight excluding hydrogens is 595 g/mol. The number of anilines is 2. The third-order valence-corrected chi connectivity index (χ3v) is 10.3. The van der Waals surface area contributed by atoms with Gasteiger partial charge in [0.2, 0.25) is 0 Å². The fourth-order valence-electron chi connectivity index (χ4n) is 6.80. The number of fused-ring (bicyclic) bond motifs is 9. The summed E-state index contributed by atoms with van der Waals surface area (Å²) in [4.78, 5) is 10.4. The number of nitrogens with zero attached hydrogens (tertiary/aromatic N) is 2. The molecule has 3 aromatic heterocycles. The van der Waals surface area contributed by atoms with Crippen LogP contribution in [0.3, 0.4) is 0 Å². The molecule has 0 aliphatic heterocycles. The standard InChI is InChI=1S/C42H25N3OS/c1-2-10-26(11-3-1)39-33-20-17-25-9-4-5-12-29(25)40(33)45-42(44-39)27-18-22-36-34(23-27)30-21-19-28(24-37(30)46-36)43-35-15-8-14-32-31-13-6-7-16-38(31)47-41(32)35/h1-24,43H. The van der Waals surface area contributed by atoms with Crippen LogP contribution in [0.25, 0.3) is 86.4 Å². The Morgan fingerprint density at radius 3 is 2.26 bits per heavy atom. The van der Waals surface area contributed by atoms with Crippen LogP contribution in [0.15, 0.2) is 150 Å². The minimum absolute atomic E-state index is 0.693. The topological polar surface area (TPSA) is 51.0 Å². The van der Waals surface area contributed by atoms with Crippen molar-refractivity contribution in [2.75, 3.05) is 5.32 Å². The summed E-state index contributed by atoms with van der Waals surface area (Å²) in [5.41, 5.74) is 7.65. The van der Waals surface area contributed by atoms with Gasteiger partial charge in [0, 0.05) is 59.9 Å². The maximum Gasteiger partial charge on any atom is 0.160 e. The number of nitrogens with one attached hydrogen (secondary N) is 1. The molecule has 0 saturated heterocycles. The van der Waals surface area contributed by atoms with E-state index in [1.54, 1.807) is 0 Å². The van der Waals surface area contributed by atoms with Crippen LogP contribution < -0.4 is 5.32 Å².